The van der Waals surface area contributed by atoms with Gasteiger partial charge in [-0.1, -0.05) is 6.07 Å². The molecule has 68 valence electrons. The minimum atomic E-state index is -1.02. The number of nitrogens with zero attached hydrogens (tertiary/aromatic N) is 1. The fraction of sp³-hybridized carbons (Fsp3) is 0.222. The van der Waals surface area contributed by atoms with Gasteiger partial charge in [0.25, 0.3) is 0 Å². The molecule has 13 heavy (non-hydrogen) atoms. The molecular weight excluding hydrogens is 173 g/mol. The number of benzene rings is 1. The molecule has 0 bridgehead atoms. The first kappa shape index (κ1) is 8.04. The van der Waals surface area contributed by atoms with E-state index in [1.807, 2.05) is 0 Å². The number of carboxylic acid groups (broad SMARTS) is 1. The van der Waals surface area contributed by atoms with Crippen molar-refractivity contribution in [1.29, 1.82) is 0 Å². The molecule has 2 rings (SSSR count). The maximum atomic E-state index is 13.1. The first-order valence-electron chi connectivity index (χ1n) is 3.98. The highest BCUT2D eigenvalue weighted by atomic mass is 19.1. The Morgan fingerprint density at radius 1 is 1.54 bits per heavy atom. The summed E-state index contributed by atoms with van der Waals surface area (Å²) >= 11 is 0. The molecule has 0 saturated heterocycles. The second-order valence-corrected chi connectivity index (χ2v) is 2.92. The molecule has 1 heterocycles. The molecule has 1 N–H and O–H groups in total. The molecule has 0 aromatic heterocycles. The van der Waals surface area contributed by atoms with Gasteiger partial charge in [-0.05, 0) is 18.6 Å². The molecule has 1 aromatic carbocycles. The van der Waals surface area contributed by atoms with Gasteiger partial charge in [-0.2, -0.15) is 0 Å². The van der Waals surface area contributed by atoms with Crippen LogP contribution in [-0.4, -0.2) is 17.7 Å². The van der Waals surface area contributed by atoms with Crippen LogP contribution in [0.2, 0.25) is 0 Å². The third kappa shape index (κ3) is 1.14. The molecule has 0 radical (unpaired) electrons. The molecule has 1 aromatic rings. The fourth-order valence-corrected chi connectivity index (χ4v) is 1.59. The van der Waals surface area contributed by atoms with Crippen molar-refractivity contribution in [2.75, 3.05) is 11.4 Å². The highest BCUT2D eigenvalue weighted by Crippen LogP contribution is 2.29. The van der Waals surface area contributed by atoms with Gasteiger partial charge in [0, 0.05) is 12.1 Å². The predicted molar refractivity (Wildman–Crippen MR) is 45.5 cm³/mol. The van der Waals surface area contributed by atoms with E-state index in [9.17, 15) is 9.18 Å². The highest BCUT2D eigenvalue weighted by molar-refractivity contribution is 5.88. The summed E-state index contributed by atoms with van der Waals surface area (Å²) in [5, 5.41) is 8.75. The van der Waals surface area contributed by atoms with E-state index in [-0.39, 0.29) is 5.82 Å². The molecule has 0 spiro atoms. The first-order valence-corrected chi connectivity index (χ1v) is 3.98. The van der Waals surface area contributed by atoms with Crippen molar-refractivity contribution in [2.45, 2.75) is 6.42 Å². The lowest BCUT2D eigenvalue weighted by molar-refractivity contribution is 0.202. The Hall–Kier alpha value is -1.58. The minimum absolute atomic E-state index is 0.318. The lowest BCUT2D eigenvalue weighted by Gasteiger charge is -2.11. The van der Waals surface area contributed by atoms with Crippen LogP contribution in [0.4, 0.5) is 14.9 Å². The van der Waals surface area contributed by atoms with Crippen LogP contribution in [0.25, 0.3) is 0 Å². The van der Waals surface area contributed by atoms with Gasteiger partial charge >= 0.3 is 6.09 Å². The van der Waals surface area contributed by atoms with Gasteiger partial charge in [-0.25, -0.2) is 9.18 Å². The van der Waals surface area contributed by atoms with E-state index < -0.39 is 6.09 Å². The van der Waals surface area contributed by atoms with Crippen molar-refractivity contribution in [1.82, 2.24) is 0 Å². The van der Waals surface area contributed by atoms with Crippen molar-refractivity contribution in [2.24, 2.45) is 0 Å². The number of amides is 1. The molecular formula is C9H8FNO2. The summed E-state index contributed by atoms with van der Waals surface area (Å²) in [5.74, 6) is -0.318. The second kappa shape index (κ2) is 2.73. The summed E-state index contributed by atoms with van der Waals surface area (Å²) in [7, 11) is 0. The molecule has 1 amide bonds. The van der Waals surface area contributed by atoms with Gasteiger partial charge in [0.2, 0.25) is 0 Å². The molecule has 0 fully saturated rings. The summed E-state index contributed by atoms with van der Waals surface area (Å²) in [4.78, 5) is 11.8. The van der Waals surface area contributed by atoms with Crippen LogP contribution < -0.4 is 4.90 Å². The van der Waals surface area contributed by atoms with Gasteiger partial charge in [-0.3, -0.25) is 4.90 Å². The maximum absolute atomic E-state index is 13.1. The van der Waals surface area contributed by atoms with Crippen LogP contribution in [0.1, 0.15) is 5.56 Å². The Labute approximate surface area is 74.4 Å². The average Bonchev–Trinajstić information content (AvgIpc) is 2.48. The smallest absolute Gasteiger partial charge is 0.411 e. The Morgan fingerprint density at radius 2 is 2.31 bits per heavy atom. The summed E-state index contributed by atoms with van der Waals surface area (Å²) in [6, 6.07) is 4.50. The second-order valence-electron chi connectivity index (χ2n) is 2.92. The molecule has 0 saturated carbocycles. The number of carbonyl (C=O) groups is 1. The van der Waals surface area contributed by atoms with Gasteiger partial charge in [-0.15, -0.1) is 0 Å². The Morgan fingerprint density at radius 3 is 3.00 bits per heavy atom. The van der Waals surface area contributed by atoms with Gasteiger partial charge in [0.1, 0.15) is 5.82 Å². The largest absolute Gasteiger partial charge is 0.465 e. The number of hydrogen-bond donors (Lipinski definition) is 1. The molecule has 0 atom stereocenters. The molecule has 1 aliphatic heterocycles. The highest BCUT2D eigenvalue weighted by Gasteiger charge is 2.25. The van der Waals surface area contributed by atoms with Crippen molar-refractivity contribution in [3.63, 3.8) is 0 Å². The molecule has 0 unspecified atom stereocenters. The van der Waals surface area contributed by atoms with Crippen LogP contribution in [0.3, 0.4) is 0 Å². The summed E-state index contributed by atoms with van der Waals surface area (Å²) in [6.07, 6.45) is -0.557. The third-order valence-electron chi connectivity index (χ3n) is 2.20. The Bertz CT molecular complexity index is 365. The Kier molecular flexibility index (Phi) is 1.69. The SMILES string of the molecule is O=C(O)N1CCc2c(F)cccc21. The Balaban J connectivity index is 2.49. The van der Waals surface area contributed by atoms with E-state index in [4.69, 9.17) is 5.11 Å². The monoisotopic (exact) mass is 181 g/mol. The van der Waals surface area contributed by atoms with E-state index in [1.54, 1.807) is 6.07 Å². The van der Waals surface area contributed by atoms with Crippen molar-refractivity contribution < 1.29 is 14.3 Å². The van der Waals surface area contributed by atoms with Gasteiger partial charge in [0.15, 0.2) is 0 Å². The molecule has 3 nitrogen and oxygen atoms in total. The molecule has 0 aliphatic carbocycles. The lowest BCUT2D eigenvalue weighted by atomic mass is 10.1. The van der Waals surface area contributed by atoms with E-state index in [2.05, 4.69) is 0 Å². The van der Waals surface area contributed by atoms with E-state index in [0.717, 1.165) is 0 Å². The zero-order valence-corrected chi connectivity index (χ0v) is 6.83. The lowest BCUT2D eigenvalue weighted by Crippen LogP contribution is -2.26. The van der Waals surface area contributed by atoms with Crippen molar-refractivity contribution in [3.05, 3.63) is 29.6 Å². The standard InChI is InChI=1S/C9H8FNO2/c10-7-2-1-3-8-6(7)4-5-11(8)9(12)13/h1-3H,4-5H2,(H,12,13). The van der Waals surface area contributed by atoms with Crippen molar-refractivity contribution >= 4 is 11.8 Å². The summed E-state index contributed by atoms with van der Waals surface area (Å²) < 4.78 is 13.1. The van der Waals surface area contributed by atoms with Crippen LogP contribution in [-0.2, 0) is 6.42 Å². The van der Waals surface area contributed by atoms with E-state index >= 15 is 0 Å². The van der Waals surface area contributed by atoms with E-state index in [1.165, 1.54) is 17.0 Å². The van der Waals surface area contributed by atoms with Crippen LogP contribution in [0.15, 0.2) is 18.2 Å². The van der Waals surface area contributed by atoms with E-state index in [0.29, 0.717) is 24.2 Å². The quantitative estimate of drug-likeness (QED) is 0.663. The van der Waals surface area contributed by atoms with Crippen LogP contribution in [0.5, 0.6) is 0 Å². The minimum Gasteiger partial charge on any atom is -0.465 e. The number of anilines is 1. The topological polar surface area (TPSA) is 40.5 Å². The number of hydrogen-bond acceptors (Lipinski definition) is 1. The molecule has 1 aliphatic rings. The number of halogens is 1. The third-order valence-corrected chi connectivity index (χ3v) is 2.20. The zero-order valence-electron chi connectivity index (χ0n) is 6.83. The molecule has 4 heteroatoms. The summed E-state index contributed by atoms with van der Waals surface area (Å²) in [6.45, 7) is 0.353. The number of fused-ring (bicyclic) bond motifs is 1. The van der Waals surface area contributed by atoms with Gasteiger partial charge in [0.05, 0.1) is 5.69 Å². The summed E-state index contributed by atoms with van der Waals surface area (Å²) in [5.41, 5.74) is 0.984. The number of rotatable bonds is 0. The predicted octanol–water partition coefficient (Wildman–Crippen LogP) is 1.87. The average molecular weight is 181 g/mol. The van der Waals surface area contributed by atoms with Crippen molar-refractivity contribution in [3.8, 4) is 0 Å². The normalized spacial score (nSPS) is 14.4. The maximum Gasteiger partial charge on any atom is 0.411 e. The fourth-order valence-electron chi connectivity index (χ4n) is 1.59. The van der Waals surface area contributed by atoms with Crippen LogP contribution >= 0.6 is 0 Å². The zero-order chi connectivity index (χ0) is 9.42. The van der Waals surface area contributed by atoms with Gasteiger partial charge < -0.3 is 5.11 Å². The first-order chi connectivity index (χ1) is 6.20. The van der Waals surface area contributed by atoms with Crippen LogP contribution in [0, 0.1) is 5.82 Å².